The smallest absolute Gasteiger partial charge is 0.315 e. The molecule has 1 aromatic heterocycles. The highest BCUT2D eigenvalue weighted by molar-refractivity contribution is 7.09. The van der Waals surface area contributed by atoms with E-state index in [1.807, 2.05) is 12.3 Å². The maximum absolute atomic E-state index is 11.4. The summed E-state index contributed by atoms with van der Waals surface area (Å²) in [5.74, 6) is -0.842. The van der Waals surface area contributed by atoms with E-state index in [2.05, 4.69) is 4.98 Å². The van der Waals surface area contributed by atoms with Crippen LogP contribution in [0.3, 0.4) is 0 Å². The molecular weight excluding hydrogens is 286 g/mol. The standard InChI is InChI=1S/C16H25NO3S/c1-4-20-16(9-7-5-6-8-10-16)13-17-12(11-21-13)15(2,3)14(18)19/h11H,4-10H2,1-3H3,(H,18,19). The van der Waals surface area contributed by atoms with Gasteiger partial charge in [-0.15, -0.1) is 11.3 Å². The van der Waals surface area contributed by atoms with Crippen LogP contribution >= 0.6 is 11.3 Å². The molecule has 1 heterocycles. The molecule has 0 saturated heterocycles. The van der Waals surface area contributed by atoms with Gasteiger partial charge in [-0.05, 0) is 33.6 Å². The van der Waals surface area contributed by atoms with Crippen LogP contribution in [0.1, 0.15) is 70.0 Å². The van der Waals surface area contributed by atoms with E-state index < -0.39 is 11.4 Å². The first kappa shape index (κ1) is 16.4. The molecule has 0 aromatic carbocycles. The molecule has 0 aliphatic heterocycles. The van der Waals surface area contributed by atoms with Crippen LogP contribution in [0.25, 0.3) is 0 Å². The van der Waals surface area contributed by atoms with E-state index in [1.165, 1.54) is 12.8 Å². The van der Waals surface area contributed by atoms with Crippen molar-refractivity contribution in [1.29, 1.82) is 0 Å². The quantitative estimate of drug-likeness (QED) is 0.832. The van der Waals surface area contributed by atoms with Crippen molar-refractivity contribution >= 4 is 17.3 Å². The second-order valence-corrected chi connectivity index (χ2v) is 7.17. The predicted molar refractivity (Wildman–Crippen MR) is 83.8 cm³/mol. The molecule has 21 heavy (non-hydrogen) atoms. The topological polar surface area (TPSA) is 59.4 Å². The zero-order valence-electron chi connectivity index (χ0n) is 13.1. The Morgan fingerprint density at radius 3 is 2.52 bits per heavy atom. The summed E-state index contributed by atoms with van der Waals surface area (Å²) in [5, 5.41) is 12.2. The van der Waals surface area contributed by atoms with Gasteiger partial charge >= 0.3 is 5.97 Å². The molecule has 0 bridgehead atoms. The van der Waals surface area contributed by atoms with Crippen molar-refractivity contribution in [2.75, 3.05) is 6.61 Å². The van der Waals surface area contributed by atoms with E-state index >= 15 is 0 Å². The van der Waals surface area contributed by atoms with Gasteiger partial charge in [0.05, 0.1) is 5.69 Å². The number of carbonyl (C=O) groups is 1. The van der Waals surface area contributed by atoms with Gasteiger partial charge in [-0.25, -0.2) is 4.98 Å². The largest absolute Gasteiger partial charge is 0.481 e. The van der Waals surface area contributed by atoms with E-state index in [1.54, 1.807) is 25.2 Å². The number of carboxylic acid groups (broad SMARTS) is 1. The number of thiazole rings is 1. The Balaban J connectivity index is 2.34. The first-order valence-corrected chi connectivity index (χ1v) is 8.64. The third-order valence-corrected chi connectivity index (χ3v) is 5.43. The van der Waals surface area contributed by atoms with Gasteiger partial charge in [0, 0.05) is 12.0 Å². The molecule has 5 heteroatoms. The van der Waals surface area contributed by atoms with Crippen molar-refractivity contribution in [2.45, 2.75) is 70.3 Å². The molecule has 0 atom stereocenters. The fraction of sp³-hybridized carbons (Fsp3) is 0.750. The molecular formula is C16H25NO3S. The van der Waals surface area contributed by atoms with Gasteiger partial charge in [0.2, 0.25) is 0 Å². The summed E-state index contributed by atoms with van der Waals surface area (Å²) in [4.78, 5) is 16.1. The lowest BCUT2D eigenvalue weighted by Gasteiger charge is -2.30. The summed E-state index contributed by atoms with van der Waals surface area (Å²) in [6.45, 7) is 6.09. The van der Waals surface area contributed by atoms with E-state index in [0.29, 0.717) is 12.3 Å². The highest BCUT2D eigenvalue weighted by atomic mass is 32.1. The molecule has 4 nitrogen and oxygen atoms in total. The van der Waals surface area contributed by atoms with Crippen molar-refractivity contribution in [3.63, 3.8) is 0 Å². The van der Waals surface area contributed by atoms with Crippen LogP contribution in [-0.4, -0.2) is 22.7 Å². The molecule has 0 unspecified atom stereocenters. The average molecular weight is 311 g/mol. The Kier molecular flexibility index (Phi) is 5.04. The number of aliphatic carboxylic acids is 1. The molecule has 1 aliphatic rings. The van der Waals surface area contributed by atoms with E-state index in [9.17, 15) is 9.90 Å². The van der Waals surface area contributed by atoms with Gasteiger partial charge in [-0.2, -0.15) is 0 Å². The van der Waals surface area contributed by atoms with E-state index in [4.69, 9.17) is 4.74 Å². The minimum absolute atomic E-state index is 0.303. The lowest BCUT2D eigenvalue weighted by Crippen LogP contribution is -2.31. The Hall–Kier alpha value is -0.940. The van der Waals surface area contributed by atoms with Crippen LogP contribution in [0.5, 0.6) is 0 Å². The molecule has 1 aromatic rings. The Labute approximate surface area is 130 Å². The molecule has 2 rings (SSSR count). The van der Waals surface area contributed by atoms with Gasteiger partial charge < -0.3 is 9.84 Å². The normalized spacial score (nSPS) is 19.2. The molecule has 1 fully saturated rings. The fourth-order valence-corrected chi connectivity index (χ4v) is 4.08. The molecule has 118 valence electrons. The number of hydrogen-bond donors (Lipinski definition) is 1. The molecule has 1 N–H and O–H groups in total. The van der Waals surface area contributed by atoms with Gasteiger partial charge in [0.25, 0.3) is 0 Å². The summed E-state index contributed by atoms with van der Waals surface area (Å²) >= 11 is 1.55. The Morgan fingerprint density at radius 1 is 1.38 bits per heavy atom. The van der Waals surface area contributed by atoms with Crippen molar-refractivity contribution in [3.8, 4) is 0 Å². The van der Waals surface area contributed by atoms with Gasteiger partial charge in [0.15, 0.2) is 0 Å². The number of carboxylic acids is 1. The zero-order chi connectivity index (χ0) is 15.5. The molecule has 1 saturated carbocycles. The lowest BCUT2D eigenvalue weighted by atomic mass is 9.90. The third-order valence-electron chi connectivity index (χ3n) is 4.40. The second kappa shape index (κ2) is 6.44. The maximum Gasteiger partial charge on any atom is 0.315 e. The van der Waals surface area contributed by atoms with Crippen molar-refractivity contribution < 1.29 is 14.6 Å². The van der Waals surface area contributed by atoms with Crippen LogP contribution in [-0.2, 0) is 20.5 Å². The minimum Gasteiger partial charge on any atom is -0.481 e. The third kappa shape index (κ3) is 3.29. The Morgan fingerprint density at radius 2 is 2.00 bits per heavy atom. The first-order valence-electron chi connectivity index (χ1n) is 7.76. The van der Waals surface area contributed by atoms with Crippen LogP contribution in [0.2, 0.25) is 0 Å². The number of aromatic nitrogens is 1. The number of nitrogens with zero attached hydrogens (tertiary/aromatic N) is 1. The highest BCUT2D eigenvalue weighted by Gasteiger charge is 2.39. The highest BCUT2D eigenvalue weighted by Crippen LogP contribution is 2.42. The first-order chi connectivity index (χ1) is 9.92. The summed E-state index contributed by atoms with van der Waals surface area (Å²) in [6.07, 6.45) is 6.76. The van der Waals surface area contributed by atoms with Crippen molar-refractivity contribution in [3.05, 3.63) is 16.1 Å². The summed E-state index contributed by atoms with van der Waals surface area (Å²) < 4.78 is 6.12. The number of ether oxygens (including phenoxy) is 1. The van der Waals surface area contributed by atoms with Gasteiger partial charge in [0.1, 0.15) is 16.0 Å². The number of rotatable bonds is 5. The monoisotopic (exact) mass is 311 g/mol. The molecule has 1 aliphatic carbocycles. The van der Waals surface area contributed by atoms with Crippen molar-refractivity contribution in [2.24, 2.45) is 0 Å². The second-order valence-electron chi connectivity index (χ2n) is 6.31. The zero-order valence-corrected chi connectivity index (χ0v) is 14.0. The van der Waals surface area contributed by atoms with Gasteiger partial charge in [-0.1, -0.05) is 25.7 Å². The minimum atomic E-state index is -0.952. The lowest BCUT2D eigenvalue weighted by molar-refractivity contribution is -0.142. The summed E-state index contributed by atoms with van der Waals surface area (Å²) in [5.41, 5.74) is -0.617. The number of hydrogen-bond acceptors (Lipinski definition) is 4. The van der Waals surface area contributed by atoms with E-state index in [-0.39, 0.29) is 5.60 Å². The molecule has 0 amide bonds. The summed E-state index contributed by atoms with van der Waals surface area (Å²) in [7, 11) is 0. The SMILES string of the molecule is CCOC1(c2nc(C(C)(C)C(=O)O)cs2)CCCCCC1. The van der Waals surface area contributed by atoms with Gasteiger partial charge in [-0.3, -0.25) is 4.79 Å². The Bertz CT molecular complexity index is 487. The van der Waals surface area contributed by atoms with Crippen LogP contribution in [0.15, 0.2) is 5.38 Å². The van der Waals surface area contributed by atoms with Crippen LogP contribution in [0, 0.1) is 0 Å². The average Bonchev–Trinajstić information content (AvgIpc) is 2.82. The van der Waals surface area contributed by atoms with Crippen LogP contribution < -0.4 is 0 Å². The summed E-state index contributed by atoms with van der Waals surface area (Å²) in [6, 6.07) is 0. The molecule has 0 radical (unpaired) electrons. The fourth-order valence-electron chi connectivity index (χ4n) is 2.88. The molecule has 0 spiro atoms. The predicted octanol–water partition coefficient (Wildman–Crippen LogP) is 4.09. The van der Waals surface area contributed by atoms with E-state index in [0.717, 1.165) is 30.7 Å². The maximum atomic E-state index is 11.4. The van der Waals surface area contributed by atoms with Crippen LogP contribution in [0.4, 0.5) is 0 Å². The van der Waals surface area contributed by atoms with Crippen molar-refractivity contribution in [1.82, 2.24) is 4.98 Å².